The van der Waals surface area contributed by atoms with Gasteiger partial charge in [-0.2, -0.15) is 10.4 Å². The maximum atomic E-state index is 15.0. The van der Waals surface area contributed by atoms with Crippen molar-refractivity contribution in [2.45, 2.75) is 96.7 Å². The quantitative estimate of drug-likeness (QED) is 0.282. The third kappa shape index (κ3) is 8.68. The van der Waals surface area contributed by atoms with Crippen LogP contribution in [0.1, 0.15) is 83.1 Å². The van der Waals surface area contributed by atoms with Crippen LogP contribution in [0.2, 0.25) is 0 Å². The first-order chi connectivity index (χ1) is 21.1. The number of nitrogens with zero attached hydrogens (tertiary/aromatic N) is 4. The summed E-state index contributed by atoms with van der Waals surface area (Å²) in [5, 5.41) is 22.6. The number of aromatic nitrogens is 3. The van der Waals surface area contributed by atoms with Crippen molar-refractivity contribution < 1.29 is 28.2 Å². The van der Waals surface area contributed by atoms with E-state index in [0.29, 0.717) is 41.0 Å². The smallest absolute Gasteiger partial charge is 0.407 e. The summed E-state index contributed by atoms with van der Waals surface area (Å²) in [6.07, 6.45) is 3.64. The molecular weight excluding hydrogens is 581 g/mol. The second-order valence-corrected chi connectivity index (χ2v) is 12.7. The van der Waals surface area contributed by atoms with Crippen LogP contribution in [0.15, 0.2) is 36.7 Å². The molecule has 1 unspecified atom stereocenters. The van der Waals surface area contributed by atoms with E-state index in [1.807, 2.05) is 32.9 Å². The van der Waals surface area contributed by atoms with Gasteiger partial charge in [0, 0.05) is 25.2 Å². The van der Waals surface area contributed by atoms with Gasteiger partial charge in [-0.3, -0.25) is 14.6 Å². The number of alkyl carbamates (subject to hydrolysis) is 1. The van der Waals surface area contributed by atoms with E-state index in [0.717, 1.165) is 12.8 Å². The van der Waals surface area contributed by atoms with Gasteiger partial charge in [-0.25, -0.2) is 13.7 Å². The maximum Gasteiger partial charge on any atom is 0.407 e. The van der Waals surface area contributed by atoms with Crippen LogP contribution >= 0.6 is 0 Å². The number of hydrogen-bond acceptors (Lipinski definition) is 9. The van der Waals surface area contributed by atoms with Crippen LogP contribution in [0.4, 0.5) is 14.9 Å². The molecule has 0 saturated heterocycles. The summed E-state index contributed by atoms with van der Waals surface area (Å²) in [7, 11) is 0. The summed E-state index contributed by atoms with van der Waals surface area (Å²) in [6.45, 7) is 9.15. The zero-order valence-corrected chi connectivity index (χ0v) is 26.4. The van der Waals surface area contributed by atoms with Crippen LogP contribution in [0.25, 0.3) is 16.9 Å². The molecule has 1 atom stereocenters. The molecule has 4 rings (SSSR count). The first-order valence-corrected chi connectivity index (χ1v) is 14.9. The second kappa shape index (κ2) is 13.5. The molecule has 1 aliphatic rings. The van der Waals surface area contributed by atoms with Crippen molar-refractivity contribution in [2.24, 2.45) is 0 Å². The number of carbonyl (C=O) groups is 3. The molecule has 3 N–H and O–H groups in total. The standard InChI is InChI=1S/C32H40FN7O5/c1-19(41)44-32(5,6)28(33)18-36-29(42)24-17-35-26(27-12-11-23-13-20(15-34)16-37-40(23)27)14-25(24)38-21-7-9-22(10-8-21)39-30(43)45-31(2,3)4/h11-14,16-17,21-22,28H,7-10,18H2,1-6H3,(H,35,38)(H,36,42)(H,39,43). The van der Waals surface area contributed by atoms with Gasteiger partial charge in [0.1, 0.15) is 17.3 Å². The zero-order chi connectivity index (χ0) is 32.9. The van der Waals surface area contributed by atoms with E-state index in [9.17, 15) is 24.0 Å². The predicted octanol–water partition coefficient (Wildman–Crippen LogP) is 4.93. The van der Waals surface area contributed by atoms with Crippen LogP contribution in [0.3, 0.4) is 0 Å². The highest BCUT2D eigenvalue weighted by atomic mass is 19.1. The molecule has 0 radical (unpaired) electrons. The van der Waals surface area contributed by atoms with Gasteiger partial charge in [-0.05, 0) is 84.6 Å². The molecule has 3 aromatic heterocycles. The van der Waals surface area contributed by atoms with Gasteiger partial charge in [0.15, 0.2) is 6.17 Å². The van der Waals surface area contributed by atoms with Crippen molar-refractivity contribution in [3.8, 4) is 17.5 Å². The third-order valence-electron chi connectivity index (χ3n) is 7.45. The summed E-state index contributed by atoms with van der Waals surface area (Å²) in [5.41, 5.74) is 1.02. The lowest BCUT2D eigenvalue weighted by Gasteiger charge is -2.31. The Morgan fingerprint density at radius 2 is 1.76 bits per heavy atom. The summed E-state index contributed by atoms with van der Waals surface area (Å²) in [4.78, 5) is 41.5. The van der Waals surface area contributed by atoms with Crippen molar-refractivity contribution in [1.29, 1.82) is 5.26 Å². The van der Waals surface area contributed by atoms with Gasteiger partial charge >= 0.3 is 12.1 Å². The molecule has 3 aromatic rings. The fraction of sp³-hybridized carbons (Fsp3) is 0.500. The number of anilines is 1. The summed E-state index contributed by atoms with van der Waals surface area (Å²) in [6, 6.07) is 9.14. The number of rotatable bonds is 9. The molecule has 240 valence electrons. The topological polar surface area (TPSA) is 160 Å². The monoisotopic (exact) mass is 621 g/mol. The Labute approximate surface area is 261 Å². The van der Waals surface area contributed by atoms with Gasteiger partial charge in [-0.1, -0.05) is 0 Å². The minimum Gasteiger partial charge on any atom is -0.457 e. The molecule has 0 aromatic carbocycles. The Hall–Kier alpha value is -4.73. The molecular formula is C32H40FN7O5. The average molecular weight is 622 g/mol. The van der Waals surface area contributed by atoms with E-state index in [4.69, 9.17) is 9.47 Å². The number of nitrogens with one attached hydrogen (secondary N) is 3. The number of carbonyl (C=O) groups excluding carboxylic acids is 3. The zero-order valence-electron chi connectivity index (χ0n) is 26.4. The molecule has 1 saturated carbocycles. The second-order valence-electron chi connectivity index (χ2n) is 12.7. The van der Waals surface area contributed by atoms with Gasteiger partial charge in [-0.15, -0.1) is 0 Å². The van der Waals surface area contributed by atoms with Crippen LogP contribution in [-0.4, -0.2) is 68.6 Å². The Bertz CT molecular complexity index is 1600. The largest absolute Gasteiger partial charge is 0.457 e. The van der Waals surface area contributed by atoms with E-state index in [-0.39, 0.29) is 24.2 Å². The van der Waals surface area contributed by atoms with Crippen molar-refractivity contribution in [3.63, 3.8) is 0 Å². The highest BCUT2D eigenvalue weighted by Gasteiger charge is 2.33. The van der Waals surface area contributed by atoms with Gasteiger partial charge in [0.05, 0.1) is 46.5 Å². The van der Waals surface area contributed by atoms with E-state index in [1.165, 1.54) is 33.2 Å². The van der Waals surface area contributed by atoms with Gasteiger partial charge < -0.3 is 25.4 Å². The molecule has 12 nitrogen and oxygen atoms in total. The van der Waals surface area contributed by atoms with Gasteiger partial charge in [0.25, 0.3) is 5.91 Å². The normalized spacial score (nSPS) is 17.6. The number of nitriles is 1. The number of ether oxygens (including phenoxy) is 2. The van der Waals surface area contributed by atoms with E-state index in [2.05, 4.69) is 32.1 Å². The molecule has 0 aliphatic heterocycles. The molecule has 0 spiro atoms. The molecule has 1 fully saturated rings. The Morgan fingerprint density at radius 1 is 1.07 bits per heavy atom. The van der Waals surface area contributed by atoms with Crippen LogP contribution in [-0.2, 0) is 14.3 Å². The molecule has 3 heterocycles. The molecule has 45 heavy (non-hydrogen) atoms. The summed E-state index contributed by atoms with van der Waals surface area (Å²) >= 11 is 0. The fourth-order valence-electron chi connectivity index (χ4n) is 5.18. The maximum absolute atomic E-state index is 15.0. The Morgan fingerprint density at radius 3 is 2.40 bits per heavy atom. The Kier molecular flexibility index (Phi) is 9.95. The molecule has 1 aliphatic carbocycles. The number of hydrogen-bond donors (Lipinski definition) is 3. The lowest BCUT2D eigenvalue weighted by Crippen LogP contribution is -2.45. The Balaban J connectivity index is 1.54. The molecule has 2 amide bonds. The average Bonchev–Trinajstić information content (AvgIpc) is 3.38. The SMILES string of the molecule is CC(=O)OC(C)(C)C(F)CNC(=O)c1cnc(-c2ccc3cc(C#N)cnn23)cc1NC1CCC(NC(=O)OC(C)(C)C)CC1. The van der Waals surface area contributed by atoms with Crippen molar-refractivity contribution in [1.82, 2.24) is 25.2 Å². The van der Waals surface area contributed by atoms with Crippen molar-refractivity contribution in [3.05, 3.63) is 47.8 Å². The number of alkyl halides is 1. The van der Waals surface area contributed by atoms with E-state index < -0.39 is 35.3 Å². The first-order valence-electron chi connectivity index (χ1n) is 14.9. The van der Waals surface area contributed by atoms with E-state index in [1.54, 1.807) is 16.6 Å². The third-order valence-corrected chi connectivity index (χ3v) is 7.45. The highest BCUT2D eigenvalue weighted by Crippen LogP contribution is 2.29. The number of halogens is 1. The summed E-state index contributed by atoms with van der Waals surface area (Å²) < 4.78 is 27.1. The van der Waals surface area contributed by atoms with E-state index >= 15 is 0 Å². The summed E-state index contributed by atoms with van der Waals surface area (Å²) in [5.74, 6) is -1.16. The number of fused-ring (bicyclic) bond motifs is 1. The highest BCUT2D eigenvalue weighted by molar-refractivity contribution is 6.00. The van der Waals surface area contributed by atoms with Crippen LogP contribution < -0.4 is 16.0 Å². The lowest BCUT2D eigenvalue weighted by atomic mass is 9.91. The molecule has 13 heteroatoms. The lowest BCUT2D eigenvalue weighted by molar-refractivity contribution is -0.159. The minimum atomic E-state index is -1.65. The number of pyridine rings is 1. The van der Waals surface area contributed by atoms with Gasteiger partial charge in [0.2, 0.25) is 0 Å². The number of amides is 2. The fourth-order valence-corrected chi connectivity index (χ4v) is 5.18. The molecule has 0 bridgehead atoms. The first kappa shape index (κ1) is 33.2. The van der Waals surface area contributed by atoms with Crippen molar-refractivity contribution in [2.75, 3.05) is 11.9 Å². The van der Waals surface area contributed by atoms with Crippen LogP contribution in [0, 0.1) is 11.3 Å². The predicted molar refractivity (Wildman–Crippen MR) is 165 cm³/mol. The minimum absolute atomic E-state index is 0.0133. The van der Waals surface area contributed by atoms with Crippen LogP contribution in [0.5, 0.6) is 0 Å². The number of esters is 1. The van der Waals surface area contributed by atoms with Crippen molar-refractivity contribution >= 4 is 29.2 Å².